The Kier molecular flexibility index (Phi) is 9.57. The van der Waals surface area contributed by atoms with Gasteiger partial charge in [0.05, 0.1) is 18.4 Å². The van der Waals surface area contributed by atoms with Crippen molar-refractivity contribution in [3.63, 3.8) is 0 Å². The molecule has 1 saturated heterocycles. The molecule has 0 radical (unpaired) electrons. The minimum absolute atomic E-state index is 0.637. The lowest BCUT2D eigenvalue weighted by atomic mass is 10.0. The predicted molar refractivity (Wildman–Crippen MR) is 141 cm³/mol. The molecule has 2 aromatic rings. The van der Waals surface area contributed by atoms with Crippen molar-refractivity contribution in [1.82, 2.24) is 14.9 Å². The van der Waals surface area contributed by atoms with Crippen LogP contribution < -0.4 is 14.4 Å². The molecule has 34 heavy (non-hydrogen) atoms. The number of benzene rings is 1. The number of hydrogen-bond acceptors (Lipinski definition) is 6. The van der Waals surface area contributed by atoms with Crippen molar-refractivity contribution in [3.8, 4) is 23.0 Å². The SMILES string of the molecule is CCCN(CCC)c1c(C)nc(-c2c(C)cc(C)cc2OCCN2CCCC(C)C2)nc1OC. The van der Waals surface area contributed by atoms with Crippen LogP contribution in [-0.2, 0) is 0 Å². The molecule has 6 nitrogen and oxygen atoms in total. The molecule has 1 unspecified atom stereocenters. The largest absolute Gasteiger partial charge is 0.491 e. The van der Waals surface area contributed by atoms with Gasteiger partial charge in [0.25, 0.3) is 0 Å². The van der Waals surface area contributed by atoms with Gasteiger partial charge >= 0.3 is 0 Å². The summed E-state index contributed by atoms with van der Waals surface area (Å²) in [7, 11) is 1.70. The molecule has 0 bridgehead atoms. The molecule has 0 spiro atoms. The molecule has 6 heteroatoms. The van der Waals surface area contributed by atoms with Crippen LogP contribution in [0.1, 0.15) is 63.3 Å². The van der Waals surface area contributed by atoms with E-state index in [2.05, 4.69) is 63.5 Å². The summed E-state index contributed by atoms with van der Waals surface area (Å²) >= 11 is 0. The first-order valence-electron chi connectivity index (χ1n) is 13.0. The zero-order valence-corrected chi connectivity index (χ0v) is 22.4. The molecule has 2 heterocycles. The van der Waals surface area contributed by atoms with Crippen molar-refractivity contribution < 1.29 is 9.47 Å². The Morgan fingerprint density at radius 2 is 1.82 bits per heavy atom. The Balaban J connectivity index is 1.91. The minimum Gasteiger partial charge on any atom is -0.491 e. The van der Waals surface area contributed by atoms with Gasteiger partial charge in [0.1, 0.15) is 18.0 Å². The highest BCUT2D eigenvalue weighted by Crippen LogP contribution is 2.37. The number of ether oxygens (including phenoxy) is 2. The van der Waals surface area contributed by atoms with Gasteiger partial charge in [0, 0.05) is 26.2 Å². The van der Waals surface area contributed by atoms with Gasteiger partial charge in [-0.25, -0.2) is 4.98 Å². The number of anilines is 1. The third kappa shape index (κ3) is 6.41. The molecule has 0 aliphatic carbocycles. The first-order valence-corrected chi connectivity index (χ1v) is 13.0. The molecule has 0 saturated carbocycles. The van der Waals surface area contributed by atoms with Crippen LogP contribution in [0.3, 0.4) is 0 Å². The summed E-state index contributed by atoms with van der Waals surface area (Å²) in [4.78, 5) is 14.7. The lowest BCUT2D eigenvalue weighted by Gasteiger charge is -2.30. The van der Waals surface area contributed by atoms with E-state index in [9.17, 15) is 0 Å². The van der Waals surface area contributed by atoms with Crippen LogP contribution in [0.5, 0.6) is 11.6 Å². The van der Waals surface area contributed by atoms with Crippen molar-refractivity contribution in [2.45, 2.75) is 67.2 Å². The fourth-order valence-corrected chi connectivity index (χ4v) is 5.14. The van der Waals surface area contributed by atoms with Gasteiger partial charge in [-0.2, -0.15) is 4.98 Å². The molecule has 1 aromatic heterocycles. The summed E-state index contributed by atoms with van der Waals surface area (Å²) < 4.78 is 12.2. The van der Waals surface area contributed by atoms with Crippen molar-refractivity contribution in [2.24, 2.45) is 5.92 Å². The summed E-state index contributed by atoms with van der Waals surface area (Å²) in [5.74, 6) is 2.94. The molecule has 188 valence electrons. The molecular weight excluding hydrogens is 424 g/mol. The summed E-state index contributed by atoms with van der Waals surface area (Å²) in [6, 6.07) is 4.29. The zero-order chi connectivity index (χ0) is 24.7. The number of hydrogen-bond donors (Lipinski definition) is 0. The number of likely N-dealkylation sites (tertiary alicyclic amines) is 1. The lowest BCUT2D eigenvalue weighted by Crippen LogP contribution is -2.37. The Bertz CT molecular complexity index is 940. The van der Waals surface area contributed by atoms with Crippen LogP contribution in [0.4, 0.5) is 5.69 Å². The molecule has 1 aliphatic rings. The van der Waals surface area contributed by atoms with Gasteiger partial charge < -0.3 is 14.4 Å². The highest BCUT2D eigenvalue weighted by Gasteiger charge is 2.22. The highest BCUT2D eigenvalue weighted by atomic mass is 16.5. The van der Waals surface area contributed by atoms with Crippen molar-refractivity contribution in [3.05, 3.63) is 29.0 Å². The van der Waals surface area contributed by atoms with Gasteiger partial charge in [-0.05, 0) is 76.1 Å². The molecule has 1 atom stereocenters. The summed E-state index contributed by atoms with van der Waals surface area (Å²) in [5.41, 5.74) is 5.21. The van der Waals surface area contributed by atoms with E-state index in [0.717, 1.165) is 73.2 Å². The second kappa shape index (κ2) is 12.4. The second-order valence-corrected chi connectivity index (χ2v) is 9.83. The molecule has 1 aromatic carbocycles. The van der Waals surface area contributed by atoms with Crippen LogP contribution >= 0.6 is 0 Å². The maximum Gasteiger partial charge on any atom is 0.241 e. The van der Waals surface area contributed by atoms with Crippen LogP contribution in [0.15, 0.2) is 12.1 Å². The molecule has 1 fully saturated rings. The standard InChI is InChI=1S/C28H44N4O2/c1-8-12-32(13-9-2)26-23(6)29-27(30-28(26)33-7)25-22(5)17-21(4)18-24(25)34-16-15-31-14-10-11-20(3)19-31/h17-18,20H,8-16,19H2,1-7H3. The van der Waals surface area contributed by atoms with E-state index in [-0.39, 0.29) is 0 Å². The van der Waals surface area contributed by atoms with E-state index >= 15 is 0 Å². The average molecular weight is 469 g/mol. The maximum atomic E-state index is 6.39. The average Bonchev–Trinajstić information content (AvgIpc) is 2.78. The molecule has 1 aliphatic heterocycles. The second-order valence-electron chi connectivity index (χ2n) is 9.83. The Hall–Kier alpha value is -2.34. The van der Waals surface area contributed by atoms with Gasteiger partial charge in [-0.1, -0.05) is 26.8 Å². The van der Waals surface area contributed by atoms with E-state index in [1.807, 2.05) is 0 Å². The van der Waals surface area contributed by atoms with Gasteiger partial charge in [0.15, 0.2) is 5.82 Å². The number of aromatic nitrogens is 2. The molecular formula is C28H44N4O2. The highest BCUT2D eigenvalue weighted by molar-refractivity contribution is 5.72. The van der Waals surface area contributed by atoms with Crippen molar-refractivity contribution in [2.75, 3.05) is 51.3 Å². The number of rotatable bonds is 11. The van der Waals surface area contributed by atoms with Gasteiger partial charge in [-0.3, -0.25) is 4.90 Å². The van der Waals surface area contributed by atoms with E-state index in [4.69, 9.17) is 19.4 Å². The van der Waals surface area contributed by atoms with Crippen LogP contribution in [0, 0.1) is 26.7 Å². The first kappa shape index (κ1) is 26.3. The van der Waals surface area contributed by atoms with Crippen LogP contribution in [-0.4, -0.2) is 61.3 Å². The monoisotopic (exact) mass is 468 g/mol. The predicted octanol–water partition coefficient (Wildman–Crippen LogP) is 5.81. The van der Waals surface area contributed by atoms with Gasteiger partial charge in [-0.15, -0.1) is 0 Å². The third-order valence-corrected chi connectivity index (χ3v) is 6.60. The smallest absolute Gasteiger partial charge is 0.241 e. The fourth-order valence-electron chi connectivity index (χ4n) is 5.14. The van der Waals surface area contributed by atoms with Crippen LogP contribution in [0.2, 0.25) is 0 Å². The number of piperidine rings is 1. The van der Waals surface area contributed by atoms with Crippen LogP contribution in [0.25, 0.3) is 11.4 Å². The zero-order valence-electron chi connectivity index (χ0n) is 22.4. The number of methoxy groups -OCH3 is 1. The van der Waals surface area contributed by atoms with Gasteiger partial charge in [0.2, 0.25) is 5.88 Å². The first-order chi connectivity index (χ1) is 16.4. The van der Waals surface area contributed by atoms with E-state index < -0.39 is 0 Å². The normalized spacial score (nSPS) is 16.5. The van der Waals surface area contributed by atoms with Crippen molar-refractivity contribution in [1.29, 1.82) is 0 Å². The maximum absolute atomic E-state index is 6.39. The quantitative estimate of drug-likeness (QED) is 0.414. The number of aryl methyl sites for hydroxylation is 3. The topological polar surface area (TPSA) is 50.7 Å². The minimum atomic E-state index is 0.637. The fraction of sp³-hybridized carbons (Fsp3) is 0.643. The summed E-state index contributed by atoms with van der Waals surface area (Å²) in [6.45, 7) is 18.9. The Labute approximate surface area is 206 Å². The van der Waals surface area contributed by atoms with E-state index in [0.29, 0.717) is 18.3 Å². The molecule has 0 amide bonds. The van der Waals surface area contributed by atoms with E-state index in [1.54, 1.807) is 7.11 Å². The van der Waals surface area contributed by atoms with E-state index in [1.165, 1.54) is 24.9 Å². The molecule has 0 N–H and O–H groups in total. The van der Waals surface area contributed by atoms with Crippen molar-refractivity contribution >= 4 is 5.69 Å². The molecule has 3 rings (SSSR count). The Morgan fingerprint density at radius 3 is 2.47 bits per heavy atom. The Morgan fingerprint density at radius 1 is 1.09 bits per heavy atom. The number of nitrogens with zero attached hydrogens (tertiary/aromatic N) is 4. The lowest BCUT2D eigenvalue weighted by molar-refractivity contribution is 0.154. The summed E-state index contributed by atoms with van der Waals surface area (Å²) in [5, 5.41) is 0. The summed E-state index contributed by atoms with van der Waals surface area (Å²) in [6.07, 6.45) is 4.74. The third-order valence-electron chi connectivity index (χ3n) is 6.60.